The van der Waals surface area contributed by atoms with Crippen molar-refractivity contribution in [3.05, 3.63) is 99.9 Å². The fourth-order valence-electron chi connectivity index (χ4n) is 4.75. The minimum absolute atomic E-state index is 0.0146. The Morgan fingerprint density at radius 2 is 1.60 bits per heavy atom. The van der Waals surface area contributed by atoms with E-state index in [0.717, 1.165) is 33.6 Å². The summed E-state index contributed by atoms with van der Waals surface area (Å²) in [6.45, 7) is 6.17. The molecule has 1 atom stereocenters. The van der Waals surface area contributed by atoms with E-state index in [1.165, 1.54) is 4.90 Å². The maximum Gasteiger partial charge on any atom is 0.137 e. The van der Waals surface area contributed by atoms with Gasteiger partial charge in [-0.3, -0.25) is 0 Å². The molecule has 7 nitrogen and oxygen atoms in total. The molecule has 0 bridgehead atoms. The zero-order valence-corrected chi connectivity index (χ0v) is 20.2. The van der Waals surface area contributed by atoms with Gasteiger partial charge in [-0.05, 0) is 72.7 Å². The van der Waals surface area contributed by atoms with E-state index in [4.69, 9.17) is 10.3 Å². The first-order valence-electron chi connectivity index (χ1n) is 11.7. The first-order valence-corrected chi connectivity index (χ1v) is 11.7. The third-order valence-corrected chi connectivity index (χ3v) is 6.19. The van der Waals surface area contributed by atoms with Crippen LogP contribution >= 0.6 is 0 Å². The molecule has 0 radical (unpaired) electrons. The number of hydrogen-bond acceptors (Lipinski definition) is 4. The Balaban J connectivity index is 1.61. The quantitative estimate of drug-likeness (QED) is 0.246. The van der Waals surface area contributed by atoms with E-state index in [-0.39, 0.29) is 24.6 Å². The van der Waals surface area contributed by atoms with E-state index < -0.39 is 12.1 Å². The highest BCUT2D eigenvalue weighted by Gasteiger charge is 2.31. The van der Waals surface area contributed by atoms with Gasteiger partial charge in [-0.1, -0.05) is 65.8 Å². The molecule has 0 saturated carbocycles. The zero-order valence-electron chi connectivity index (χ0n) is 20.2. The normalized spacial score (nSPS) is 13.3. The van der Waals surface area contributed by atoms with Gasteiger partial charge in [0.05, 0.1) is 0 Å². The van der Waals surface area contributed by atoms with E-state index in [0.29, 0.717) is 6.42 Å². The smallest absolute Gasteiger partial charge is 0.137 e. The lowest BCUT2D eigenvalue weighted by Gasteiger charge is -2.36. The van der Waals surface area contributed by atoms with Gasteiger partial charge >= 0.3 is 0 Å². The minimum Gasteiger partial charge on any atom is -0.530 e. The summed E-state index contributed by atoms with van der Waals surface area (Å²) >= 11 is 0. The number of azide groups is 1. The summed E-state index contributed by atoms with van der Waals surface area (Å²) in [6.07, 6.45) is -0.892. The second kappa shape index (κ2) is 10.1. The third-order valence-electron chi connectivity index (χ3n) is 6.19. The van der Waals surface area contributed by atoms with Crippen LogP contribution < -0.4 is 9.84 Å². The van der Waals surface area contributed by atoms with Crippen LogP contribution in [0.15, 0.2) is 77.9 Å². The highest BCUT2D eigenvalue weighted by atomic mass is 16.5. The van der Waals surface area contributed by atoms with Gasteiger partial charge in [0, 0.05) is 30.0 Å². The molecule has 0 saturated heterocycles. The second-order valence-electron chi connectivity index (χ2n) is 9.78. The molecule has 7 heteroatoms. The Morgan fingerprint density at radius 1 is 1.03 bits per heavy atom. The van der Waals surface area contributed by atoms with Gasteiger partial charge in [0.1, 0.15) is 17.4 Å². The van der Waals surface area contributed by atoms with Gasteiger partial charge in [0.15, 0.2) is 0 Å². The van der Waals surface area contributed by atoms with Crippen LogP contribution in [0.5, 0.6) is 5.75 Å². The Morgan fingerprint density at radius 3 is 2.11 bits per heavy atom. The molecule has 0 fully saturated rings. The SMILES string of the molecule is CC(C)(C)Oc1ccc(C[C@@H](CN=[N+]=[N-])N(CC2c3ccccc3-c3ccccc32)C(=O)[O-])cc1. The maximum atomic E-state index is 12.4. The Kier molecular flexibility index (Phi) is 6.99. The lowest BCUT2D eigenvalue weighted by atomic mass is 9.95. The van der Waals surface area contributed by atoms with Gasteiger partial charge in [-0.15, -0.1) is 0 Å². The summed E-state index contributed by atoms with van der Waals surface area (Å²) in [7, 11) is 0. The number of carbonyl (C=O) groups excluding carboxylic acids is 1. The third kappa shape index (κ3) is 5.58. The van der Waals surface area contributed by atoms with Crippen molar-refractivity contribution in [3.8, 4) is 16.9 Å². The molecule has 1 aliphatic carbocycles. The van der Waals surface area contributed by atoms with Gasteiger partial charge < -0.3 is 19.5 Å². The van der Waals surface area contributed by atoms with Crippen LogP contribution in [0, 0.1) is 0 Å². The number of hydrogen-bond donors (Lipinski definition) is 0. The molecule has 0 N–H and O–H groups in total. The Bertz CT molecular complexity index is 1200. The molecular formula is C28H29N4O3-. The number of amides is 1. The molecule has 35 heavy (non-hydrogen) atoms. The van der Waals surface area contributed by atoms with Crippen LogP contribution in [0.3, 0.4) is 0 Å². The van der Waals surface area contributed by atoms with Gasteiger partial charge in [0.2, 0.25) is 0 Å². The molecule has 0 spiro atoms. The summed E-state index contributed by atoms with van der Waals surface area (Å²) in [4.78, 5) is 16.6. The molecule has 4 rings (SSSR count). The van der Waals surface area contributed by atoms with Crippen LogP contribution in [0.4, 0.5) is 4.79 Å². The monoisotopic (exact) mass is 469 g/mol. The largest absolute Gasteiger partial charge is 0.530 e. The summed E-state index contributed by atoms with van der Waals surface area (Å²) < 4.78 is 5.89. The first kappa shape index (κ1) is 24.2. The van der Waals surface area contributed by atoms with Crippen molar-refractivity contribution >= 4 is 6.09 Å². The predicted molar refractivity (Wildman–Crippen MR) is 134 cm³/mol. The van der Waals surface area contributed by atoms with Crippen LogP contribution in [-0.2, 0) is 6.42 Å². The lowest BCUT2D eigenvalue weighted by molar-refractivity contribution is -0.268. The van der Waals surface area contributed by atoms with Crippen molar-refractivity contribution in [2.24, 2.45) is 5.11 Å². The topological polar surface area (TPSA) is 101 Å². The summed E-state index contributed by atoms with van der Waals surface area (Å²) in [5, 5.41) is 16.1. The van der Waals surface area contributed by atoms with Crippen molar-refractivity contribution in [2.45, 2.75) is 44.8 Å². The van der Waals surface area contributed by atoms with E-state index in [1.54, 1.807) is 0 Å². The van der Waals surface area contributed by atoms with E-state index >= 15 is 0 Å². The Hall–Kier alpha value is -3.96. The fourth-order valence-corrected chi connectivity index (χ4v) is 4.75. The number of fused-ring (bicyclic) bond motifs is 3. The molecule has 1 aliphatic rings. The average Bonchev–Trinajstić information content (AvgIpc) is 3.14. The van der Waals surface area contributed by atoms with Crippen molar-refractivity contribution in [3.63, 3.8) is 0 Å². The van der Waals surface area contributed by atoms with Crippen molar-refractivity contribution in [1.82, 2.24) is 4.90 Å². The summed E-state index contributed by atoms with van der Waals surface area (Å²) in [6, 6.07) is 23.2. The molecule has 0 aliphatic heterocycles. The highest BCUT2D eigenvalue weighted by molar-refractivity contribution is 5.79. The van der Waals surface area contributed by atoms with Crippen LogP contribution in [-0.4, -0.2) is 35.7 Å². The second-order valence-corrected chi connectivity index (χ2v) is 9.78. The van der Waals surface area contributed by atoms with Crippen molar-refractivity contribution in [1.29, 1.82) is 0 Å². The highest BCUT2D eigenvalue weighted by Crippen LogP contribution is 2.45. The fraction of sp³-hybridized carbons (Fsp3) is 0.321. The van der Waals surface area contributed by atoms with Crippen molar-refractivity contribution < 1.29 is 14.6 Å². The molecule has 180 valence electrons. The van der Waals surface area contributed by atoms with Gasteiger partial charge in [-0.25, -0.2) is 0 Å². The van der Waals surface area contributed by atoms with Crippen LogP contribution in [0.1, 0.15) is 43.4 Å². The predicted octanol–water partition coefficient (Wildman–Crippen LogP) is 5.54. The van der Waals surface area contributed by atoms with Crippen LogP contribution in [0.25, 0.3) is 21.6 Å². The van der Waals surface area contributed by atoms with E-state index in [2.05, 4.69) is 22.2 Å². The number of benzene rings is 3. The first-order chi connectivity index (χ1) is 16.8. The lowest BCUT2D eigenvalue weighted by Crippen LogP contribution is -2.51. The van der Waals surface area contributed by atoms with Crippen molar-refractivity contribution in [2.75, 3.05) is 13.1 Å². The van der Waals surface area contributed by atoms with Gasteiger partial charge in [-0.2, -0.15) is 0 Å². The number of nitrogens with zero attached hydrogens (tertiary/aromatic N) is 4. The van der Waals surface area contributed by atoms with E-state index in [1.807, 2.05) is 81.4 Å². The summed E-state index contributed by atoms with van der Waals surface area (Å²) in [5.74, 6) is 0.611. The average molecular weight is 470 g/mol. The minimum atomic E-state index is -1.28. The van der Waals surface area contributed by atoms with Gasteiger partial charge in [0.25, 0.3) is 0 Å². The number of carboxylic acid groups (broad SMARTS) is 1. The molecule has 1 amide bonds. The molecular weight excluding hydrogens is 440 g/mol. The summed E-state index contributed by atoms with van der Waals surface area (Å²) in [5.41, 5.74) is 14.0. The number of ether oxygens (including phenoxy) is 1. The molecule has 0 unspecified atom stereocenters. The standard InChI is InChI=1S/C28H30N4O3/c1-28(2,3)35-21-14-12-19(13-15-21)16-20(17-30-31-29)32(27(33)34)18-26-24-10-6-4-8-22(24)23-9-5-7-11-25(23)26/h4-15,20,26H,16-18H2,1-3H3,(H,33,34)/p-1/t20-/m0/s1. The van der Waals surface area contributed by atoms with Crippen LogP contribution in [0.2, 0.25) is 0 Å². The zero-order chi connectivity index (χ0) is 25.0. The van der Waals surface area contributed by atoms with E-state index in [9.17, 15) is 9.90 Å². The Labute approximate surface area is 205 Å². The molecule has 3 aromatic carbocycles. The maximum absolute atomic E-state index is 12.4. The molecule has 0 heterocycles. The molecule has 0 aromatic heterocycles. The number of carbonyl (C=O) groups is 1. The number of rotatable bonds is 8. The molecule has 3 aromatic rings.